The van der Waals surface area contributed by atoms with Crippen molar-refractivity contribution in [3.8, 4) is 0 Å². The summed E-state index contributed by atoms with van der Waals surface area (Å²) in [5, 5.41) is 13.1. The molecule has 0 radical (unpaired) electrons. The third kappa shape index (κ3) is 4.00. The van der Waals surface area contributed by atoms with Crippen molar-refractivity contribution in [1.82, 2.24) is 5.32 Å². The van der Waals surface area contributed by atoms with Gasteiger partial charge in [0.25, 0.3) is 5.91 Å². The van der Waals surface area contributed by atoms with Crippen LogP contribution < -0.4 is 5.32 Å². The Morgan fingerprint density at radius 3 is 2.70 bits per heavy atom. The predicted octanol–water partition coefficient (Wildman–Crippen LogP) is 2.24. The first kappa shape index (κ1) is 15.4. The number of aliphatic hydroxyl groups is 1. The maximum Gasteiger partial charge on any atom is 0.252 e. The molecule has 1 aromatic rings. The number of rotatable bonds is 5. The normalized spacial score (nSPS) is 22.8. The molecular formula is C16H23NO2S. The van der Waals surface area contributed by atoms with Gasteiger partial charge in [0.05, 0.1) is 0 Å². The first-order chi connectivity index (χ1) is 9.41. The fourth-order valence-electron chi connectivity index (χ4n) is 2.43. The van der Waals surface area contributed by atoms with E-state index in [9.17, 15) is 9.90 Å². The van der Waals surface area contributed by atoms with Gasteiger partial charge in [0.2, 0.25) is 0 Å². The lowest BCUT2D eigenvalue weighted by Gasteiger charge is -2.28. The maximum absolute atomic E-state index is 12.1. The average molecular weight is 293 g/mol. The lowest BCUT2D eigenvalue weighted by Crippen LogP contribution is -2.49. The highest BCUT2D eigenvalue weighted by Crippen LogP contribution is 2.28. The second kappa shape index (κ2) is 6.19. The number of benzene rings is 1. The number of nitrogens with one attached hydrogen (secondary N) is 1. The van der Waals surface area contributed by atoms with Gasteiger partial charge in [-0.05, 0) is 29.6 Å². The molecule has 0 spiro atoms. The topological polar surface area (TPSA) is 49.3 Å². The van der Waals surface area contributed by atoms with Gasteiger partial charge in [-0.3, -0.25) is 4.79 Å². The molecule has 1 fully saturated rings. The van der Waals surface area contributed by atoms with Crippen LogP contribution in [0.1, 0.15) is 25.8 Å². The van der Waals surface area contributed by atoms with E-state index in [0.717, 1.165) is 12.2 Å². The fourth-order valence-corrected chi connectivity index (χ4v) is 3.67. The van der Waals surface area contributed by atoms with Crippen LogP contribution in [0.25, 0.3) is 0 Å². The minimum Gasteiger partial charge on any atom is -0.379 e. The van der Waals surface area contributed by atoms with Crippen LogP contribution in [0, 0.1) is 5.41 Å². The Balaban J connectivity index is 1.87. The molecule has 1 atom stereocenters. The van der Waals surface area contributed by atoms with E-state index in [1.54, 1.807) is 11.8 Å². The van der Waals surface area contributed by atoms with Crippen LogP contribution >= 0.6 is 11.8 Å². The molecule has 0 bridgehead atoms. The predicted molar refractivity (Wildman–Crippen MR) is 83.8 cm³/mol. The van der Waals surface area contributed by atoms with E-state index in [0.29, 0.717) is 18.7 Å². The van der Waals surface area contributed by atoms with Gasteiger partial charge in [0.15, 0.2) is 5.60 Å². The summed E-state index contributed by atoms with van der Waals surface area (Å²) < 4.78 is 0. The maximum atomic E-state index is 12.1. The number of carbonyl (C=O) groups is 1. The molecule has 1 amide bonds. The van der Waals surface area contributed by atoms with Crippen LogP contribution in [0.3, 0.4) is 0 Å². The first-order valence-electron chi connectivity index (χ1n) is 7.04. The first-order valence-corrected chi connectivity index (χ1v) is 8.19. The van der Waals surface area contributed by atoms with Gasteiger partial charge >= 0.3 is 0 Å². The Kier molecular flexibility index (Phi) is 4.76. The molecule has 1 unspecified atom stereocenters. The number of amides is 1. The van der Waals surface area contributed by atoms with Crippen LogP contribution in [0.5, 0.6) is 0 Å². The Bertz CT molecular complexity index is 453. The van der Waals surface area contributed by atoms with E-state index in [1.807, 2.05) is 18.2 Å². The average Bonchev–Trinajstić information content (AvgIpc) is 2.85. The van der Waals surface area contributed by atoms with E-state index in [2.05, 4.69) is 31.3 Å². The standard InChI is InChI=1S/C16H23NO2S/c1-15(2,10-13-6-4-3-5-7-13)11-17-14(18)16(19)8-9-20-12-16/h3-7,19H,8-12H2,1-2H3,(H,17,18). The van der Waals surface area contributed by atoms with E-state index in [1.165, 1.54) is 5.56 Å². The van der Waals surface area contributed by atoms with Gasteiger partial charge < -0.3 is 10.4 Å². The SMILES string of the molecule is CC(C)(CNC(=O)C1(O)CCSC1)Cc1ccccc1. The zero-order chi connectivity index (χ0) is 14.6. The van der Waals surface area contributed by atoms with Crippen molar-refractivity contribution < 1.29 is 9.90 Å². The van der Waals surface area contributed by atoms with Gasteiger partial charge in [0.1, 0.15) is 0 Å². The Labute approximate surface area is 125 Å². The van der Waals surface area contributed by atoms with Crippen molar-refractivity contribution in [2.24, 2.45) is 5.41 Å². The highest BCUT2D eigenvalue weighted by atomic mass is 32.2. The van der Waals surface area contributed by atoms with E-state index in [4.69, 9.17) is 0 Å². The quantitative estimate of drug-likeness (QED) is 0.875. The zero-order valence-corrected chi connectivity index (χ0v) is 13.0. The molecule has 1 aliphatic rings. The molecule has 1 heterocycles. The van der Waals surface area contributed by atoms with Gasteiger partial charge in [0, 0.05) is 12.3 Å². The Morgan fingerprint density at radius 1 is 1.40 bits per heavy atom. The summed E-state index contributed by atoms with van der Waals surface area (Å²) >= 11 is 1.63. The monoisotopic (exact) mass is 293 g/mol. The third-order valence-corrected chi connectivity index (χ3v) is 4.85. The summed E-state index contributed by atoms with van der Waals surface area (Å²) in [6.45, 7) is 4.84. The summed E-state index contributed by atoms with van der Waals surface area (Å²) in [5.41, 5.74) is 0.0777. The summed E-state index contributed by atoms with van der Waals surface area (Å²) in [6.07, 6.45) is 1.46. The lowest BCUT2D eigenvalue weighted by atomic mass is 9.85. The Morgan fingerprint density at radius 2 is 2.10 bits per heavy atom. The van der Waals surface area contributed by atoms with E-state index in [-0.39, 0.29) is 11.3 Å². The Hall–Kier alpha value is -1.00. The fraction of sp³-hybridized carbons (Fsp3) is 0.562. The third-order valence-electron chi connectivity index (χ3n) is 3.68. The largest absolute Gasteiger partial charge is 0.379 e. The molecule has 1 aliphatic heterocycles. The number of hydrogen-bond donors (Lipinski definition) is 2. The van der Waals surface area contributed by atoms with Gasteiger partial charge in [-0.2, -0.15) is 11.8 Å². The van der Waals surface area contributed by atoms with Gasteiger partial charge in [-0.25, -0.2) is 0 Å². The number of thioether (sulfide) groups is 1. The minimum absolute atomic E-state index is 0.0287. The van der Waals surface area contributed by atoms with Crippen molar-refractivity contribution in [3.63, 3.8) is 0 Å². The summed E-state index contributed by atoms with van der Waals surface area (Å²) in [4.78, 5) is 12.1. The molecule has 4 heteroatoms. The van der Waals surface area contributed by atoms with Crippen molar-refractivity contribution >= 4 is 17.7 Å². The summed E-state index contributed by atoms with van der Waals surface area (Å²) in [5.74, 6) is 1.15. The highest BCUT2D eigenvalue weighted by molar-refractivity contribution is 7.99. The smallest absolute Gasteiger partial charge is 0.252 e. The summed E-state index contributed by atoms with van der Waals surface area (Å²) in [7, 11) is 0. The second-order valence-electron chi connectivity index (χ2n) is 6.34. The van der Waals surface area contributed by atoms with Crippen LogP contribution in [0.2, 0.25) is 0 Å². The van der Waals surface area contributed by atoms with Crippen LogP contribution in [-0.2, 0) is 11.2 Å². The molecule has 110 valence electrons. The lowest BCUT2D eigenvalue weighted by molar-refractivity contribution is -0.137. The molecule has 0 saturated carbocycles. The molecule has 1 aromatic carbocycles. The van der Waals surface area contributed by atoms with Crippen molar-refractivity contribution in [2.45, 2.75) is 32.3 Å². The molecule has 3 nitrogen and oxygen atoms in total. The van der Waals surface area contributed by atoms with Crippen molar-refractivity contribution in [3.05, 3.63) is 35.9 Å². The molecule has 0 aromatic heterocycles. The van der Waals surface area contributed by atoms with E-state index >= 15 is 0 Å². The molecule has 2 N–H and O–H groups in total. The molecule has 1 saturated heterocycles. The second-order valence-corrected chi connectivity index (χ2v) is 7.45. The van der Waals surface area contributed by atoms with Gasteiger partial charge in [-0.1, -0.05) is 44.2 Å². The minimum atomic E-state index is -1.16. The van der Waals surface area contributed by atoms with Gasteiger partial charge in [-0.15, -0.1) is 0 Å². The highest BCUT2D eigenvalue weighted by Gasteiger charge is 2.39. The number of hydrogen-bond acceptors (Lipinski definition) is 3. The number of carbonyl (C=O) groups excluding carboxylic acids is 1. The summed E-state index contributed by atoms with van der Waals surface area (Å²) in [6, 6.07) is 10.3. The van der Waals surface area contributed by atoms with Crippen LogP contribution in [-0.4, -0.2) is 34.7 Å². The van der Waals surface area contributed by atoms with Crippen molar-refractivity contribution in [1.29, 1.82) is 0 Å². The molecule has 0 aliphatic carbocycles. The molecule has 20 heavy (non-hydrogen) atoms. The molecular weight excluding hydrogens is 270 g/mol. The van der Waals surface area contributed by atoms with Crippen molar-refractivity contribution in [2.75, 3.05) is 18.1 Å². The van der Waals surface area contributed by atoms with Crippen LogP contribution in [0.15, 0.2) is 30.3 Å². The van der Waals surface area contributed by atoms with Crippen LogP contribution in [0.4, 0.5) is 0 Å². The van der Waals surface area contributed by atoms with E-state index < -0.39 is 5.60 Å². The zero-order valence-electron chi connectivity index (χ0n) is 12.2. The molecule has 2 rings (SSSR count).